The summed E-state index contributed by atoms with van der Waals surface area (Å²) in [5, 5.41) is 16.3. The lowest BCUT2D eigenvalue weighted by Gasteiger charge is -2.11. The molecule has 0 aromatic heterocycles. The molecule has 7 nitrogen and oxygen atoms in total. The van der Waals surface area contributed by atoms with Crippen molar-refractivity contribution in [3.63, 3.8) is 0 Å². The van der Waals surface area contributed by atoms with E-state index in [-0.39, 0.29) is 27.6 Å². The van der Waals surface area contributed by atoms with Gasteiger partial charge in [-0.3, -0.25) is 20.2 Å². The van der Waals surface area contributed by atoms with Crippen LogP contribution in [0.1, 0.15) is 24.2 Å². The second-order valence-electron chi connectivity index (χ2n) is 5.52. The molecule has 9 heteroatoms. The molecule has 0 aliphatic rings. The highest BCUT2D eigenvalue weighted by Crippen LogP contribution is 2.27. The summed E-state index contributed by atoms with van der Waals surface area (Å²) in [5.74, 6) is 0.198. The summed E-state index contributed by atoms with van der Waals surface area (Å²) >= 11 is 10.8. The number of ether oxygens (including phenoxy) is 1. The van der Waals surface area contributed by atoms with Crippen LogP contribution in [0.4, 0.5) is 11.4 Å². The Morgan fingerprint density at radius 2 is 1.88 bits per heavy atom. The minimum absolute atomic E-state index is 0.0293. The van der Waals surface area contributed by atoms with Gasteiger partial charge in [0, 0.05) is 16.7 Å². The Labute approximate surface area is 160 Å². The van der Waals surface area contributed by atoms with E-state index >= 15 is 0 Å². The van der Waals surface area contributed by atoms with E-state index in [9.17, 15) is 14.9 Å². The topological polar surface area (TPSA) is 93.5 Å². The Morgan fingerprint density at radius 3 is 2.46 bits per heavy atom. The zero-order valence-electron chi connectivity index (χ0n) is 14.0. The van der Waals surface area contributed by atoms with Gasteiger partial charge in [0.1, 0.15) is 11.4 Å². The number of nitrogens with zero attached hydrogens (tertiary/aromatic N) is 1. The number of hydrogen-bond acceptors (Lipinski definition) is 5. The summed E-state index contributed by atoms with van der Waals surface area (Å²) in [7, 11) is 0. The van der Waals surface area contributed by atoms with Crippen LogP contribution < -0.4 is 15.4 Å². The van der Waals surface area contributed by atoms with Crippen molar-refractivity contribution >= 4 is 46.2 Å². The molecule has 0 fully saturated rings. The fourth-order valence-corrected chi connectivity index (χ4v) is 2.42. The third kappa shape index (κ3) is 5.40. The van der Waals surface area contributed by atoms with Gasteiger partial charge in [-0.25, -0.2) is 0 Å². The molecule has 1 amide bonds. The van der Waals surface area contributed by atoms with Crippen molar-refractivity contribution in [2.75, 3.05) is 5.32 Å². The number of anilines is 1. The van der Waals surface area contributed by atoms with Crippen molar-refractivity contribution in [2.24, 2.45) is 0 Å². The monoisotopic (exact) mass is 393 g/mol. The molecule has 0 heterocycles. The predicted molar refractivity (Wildman–Crippen MR) is 104 cm³/mol. The second kappa shape index (κ2) is 8.59. The normalized spacial score (nSPS) is 10.3. The first-order valence-electron chi connectivity index (χ1n) is 7.59. The van der Waals surface area contributed by atoms with Crippen molar-refractivity contribution in [1.82, 2.24) is 5.32 Å². The number of carbonyl (C=O) groups is 1. The second-order valence-corrected chi connectivity index (χ2v) is 6.36. The zero-order valence-corrected chi connectivity index (χ0v) is 15.6. The highest BCUT2D eigenvalue weighted by molar-refractivity contribution is 7.80. The first-order chi connectivity index (χ1) is 12.3. The van der Waals surface area contributed by atoms with Crippen molar-refractivity contribution in [2.45, 2.75) is 20.0 Å². The number of hydrogen-bond donors (Lipinski definition) is 2. The smallest absolute Gasteiger partial charge is 0.294 e. The van der Waals surface area contributed by atoms with Gasteiger partial charge in [0.2, 0.25) is 0 Å². The van der Waals surface area contributed by atoms with Gasteiger partial charge in [0.25, 0.3) is 11.6 Å². The van der Waals surface area contributed by atoms with E-state index < -0.39 is 10.8 Å². The number of nitro groups is 1. The van der Waals surface area contributed by atoms with Crippen molar-refractivity contribution in [3.05, 3.63) is 63.2 Å². The summed E-state index contributed by atoms with van der Waals surface area (Å²) in [4.78, 5) is 22.7. The van der Waals surface area contributed by atoms with Crippen LogP contribution >= 0.6 is 23.8 Å². The lowest BCUT2D eigenvalue weighted by molar-refractivity contribution is -0.383. The molecule has 2 rings (SSSR count). The van der Waals surface area contributed by atoms with E-state index in [1.165, 1.54) is 18.2 Å². The Kier molecular flexibility index (Phi) is 6.48. The van der Waals surface area contributed by atoms with Crippen LogP contribution in [-0.4, -0.2) is 22.0 Å². The van der Waals surface area contributed by atoms with Gasteiger partial charge in [-0.15, -0.1) is 0 Å². The molecule has 0 saturated carbocycles. The van der Waals surface area contributed by atoms with Crippen LogP contribution in [0.2, 0.25) is 5.02 Å². The summed E-state index contributed by atoms with van der Waals surface area (Å²) in [6.45, 7) is 3.81. The number of nitrogens with one attached hydrogen (secondary N) is 2. The first-order valence-corrected chi connectivity index (χ1v) is 8.38. The van der Waals surface area contributed by atoms with E-state index in [0.717, 1.165) is 0 Å². The lowest BCUT2D eigenvalue weighted by atomic mass is 10.2. The molecule has 26 heavy (non-hydrogen) atoms. The molecular weight excluding hydrogens is 378 g/mol. The third-order valence-corrected chi connectivity index (χ3v) is 3.56. The van der Waals surface area contributed by atoms with Crippen molar-refractivity contribution in [1.29, 1.82) is 0 Å². The van der Waals surface area contributed by atoms with Gasteiger partial charge in [-0.2, -0.15) is 0 Å². The average molecular weight is 394 g/mol. The fraction of sp³-hybridized carbons (Fsp3) is 0.176. The van der Waals surface area contributed by atoms with Crippen LogP contribution in [-0.2, 0) is 0 Å². The van der Waals surface area contributed by atoms with Crippen LogP contribution in [0, 0.1) is 10.1 Å². The number of benzene rings is 2. The Hall–Kier alpha value is -2.71. The van der Waals surface area contributed by atoms with Crippen molar-refractivity contribution in [3.8, 4) is 5.75 Å². The predicted octanol–water partition coefficient (Wildman–Crippen LogP) is 4.16. The van der Waals surface area contributed by atoms with Gasteiger partial charge >= 0.3 is 0 Å². The molecule has 0 radical (unpaired) electrons. The SMILES string of the molecule is CC(C)Oc1ccc(C(=O)NC(=S)Nc2ccc(Cl)cc2[N+](=O)[O-])cc1. The number of thiocarbonyl (C=S) groups is 1. The fourth-order valence-electron chi connectivity index (χ4n) is 2.05. The van der Waals surface area contributed by atoms with Crippen LogP contribution in [0.3, 0.4) is 0 Å². The Balaban J connectivity index is 2.04. The summed E-state index contributed by atoms with van der Waals surface area (Å²) in [6, 6.07) is 10.6. The molecule has 2 N–H and O–H groups in total. The minimum atomic E-state index is -0.591. The van der Waals surface area contributed by atoms with Crippen LogP contribution in [0.25, 0.3) is 0 Å². The first kappa shape index (κ1) is 19.6. The number of rotatable bonds is 5. The Morgan fingerprint density at radius 1 is 1.23 bits per heavy atom. The Bertz CT molecular complexity index is 840. The summed E-state index contributed by atoms with van der Waals surface area (Å²) in [5.41, 5.74) is 0.255. The lowest BCUT2D eigenvalue weighted by Crippen LogP contribution is -2.34. The summed E-state index contributed by atoms with van der Waals surface area (Å²) in [6.07, 6.45) is 0.0293. The van der Waals surface area contributed by atoms with E-state index in [1.807, 2.05) is 13.8 Å². The largest absolute Gasteiger partial charge is 0.491 e. The minimum Gasteiger partial charge on any atom is -0.491 e. The number of halogens is 1. The molecule has 0 bridgehead atoms. The average Bonchev–Trinajstić information content (AvgIpc) is 2.56. The molecule has 0 saturated heterocycles. The number of amides is 1. The van der Waals surface area contributed by atoms with Gasteiger partial charge in [-0.1, -0.05) is 11.6 Å². The maximum atomic E-state index is 12.2. The summed E-state index contributed by atoms with van der Waals surface area (Å²) < 4.78 is 5.51. The van der Waals surface area contributed by atoms with E-state index in [4.69, 9.17) is 28.6 Å². The van der Waals surface area contributed by atoms with Gasteiger partial charge in [0.15, 0.2) is 5.11 Å². The zero-order chi connectivity index (χ0) is 19.3. The van der Waals surface area contributed by atoms with E-state index in [2.05, 4.69) is 10.6 Å². The third-order valence-electron chi connectivity index (χ3n) is 3.12. The van der Waals surface area contributed by atoms with Crippen LogP contribution in [0.15, 0.2) is 42.5 Å². The molecule has 2 aromatic rings. The molecule has 0 unspecified atom stereocenters. The van der Waals surface area contributed by atoms with E-state index in [0.29, 0.717) is 11.3 Å². The van der Waals surface area contributed by atoms with Crippen LogP contribution in [0.5, 0.6) is 5.75 Å². The molecule has 0 spiro atoms. The van der Waals surface area contributed by atoms with Crippen molar-refractivity contribution < 1.29 is 14.5 Å². The standard InChI is InChI=1S/C17H16ClN3O4S/c1-10(2)25-13-6-3-11(4-7-13)16(22)20-17(26)19-14-8-5-12(18)9-15(14)21(23)24/h3-10H,1-2H3,(H2,19,20,22,26). The van der Waals surface area contributed by atoms with Gasteiger partial charge in [0.05, 0.1) is 11.0 Å². The number of carbonyl (C=O) groups excluding carboxylic acids is 1. The number of nitro benzene ring substituents is 1. The van der Waals surface area contributed by atoms with Gasteiger partial charge < -0.3 is 10.1 Å². The molecule has 0 aliphatic carbocycles. The maximum absolute atomic E-state index is 12.2. The van der Waals surface area contributed by atoms with E-state index in [1.54, 1.807) is 24.3 Å². The molecule has 136 valence electrons. The van der Waals surface area contributed by atoms with Gasteiger partial charge in [-0.05, 0) is 62.5 Å². The quantitative estimate of drug-likeness (QED) is 0.450. The highest BCUT2D eigenvalue weighted by Gasteiger charge is 2.16. The highest BCUT2D eigenvalue weighted by atomic mass is 35.5. The molecular formula is C17H16ClN3O4S. The molecule has 0 aliphatic heterocycles. The maximum Gasteiger partial charge on any atom is 0.294 e. The molecule has 0 atom stereocenters. The molecule has 2 aromatic carbocycles.